The van der Waals surface area contributed by atoms with E-state index in [0.29, 0.717) is 11.3 Å². The van der Waals surface area contributed by atoms with Crippen LogP contribution in [0.5, 0.6) is 11.5 Å². The van der Waals surface area contributed by atoms with Gasteiger partial charge in [0.1, 0.15) is 4.99 Å². The summed E-state index contributed by atoms with van der Waals surface area (Å²) in [5.41, 5.74) is 5.98. The van der Waals surface area contributed by atoms with Crippen LogP contribution < -0.4 is 10.5 Å². The molecule has 0 radical (unpaired) electrons. The minimum absolute atomic E-state index is 0.0443. The van der Waals surface area contributed by atoms with Gasteiger partial charge in [-0.25, -0.2) is 0 Å². The third kappa shape index (κ3) is 1.65. The normalized spacial score (nSPS) is 9.42. The molecule has 0 saturated heterocycles. The summed E-state index contributed by atoms with van der Waals surface area (Å²) in [4.78, 5) is 0.257. The van der Waals surface area contributed by atoms with E-state index >= 15 is 0 Å². The first-order chi connectivity index (χ1) is 5.65. The molecular formula is C8H9NO2S. The Labute approximate surface area is 75.8 Å². The molecule has 0 fully saturated rings. The molecule has 64 valence electrons. The van der Waals surface area contributed by atoms with Gasteiger partial charge in [0.15, 0.2) is 11.5 Å². The van der Waals surface area contributed by atoms with E-state index in [4.69, 9.17) is 22.7 Å². The number of methoxy groups -OCH3 is 1. The van der Waals surface area contributed by atoms with Crippen molar-refractivity contribution < 1.29 is 9.84 Å². The van der Waals surface area contributed by atoms with Crippen molar-refractivity contribution in [3.63, 3.8) is 0 Å². The number of nitrogens with two attached hydrogens (primary N) is 1. The van der Waals surface area contributed by atoms with Crippen molar-refractivity contribution >= 4 is 17.2 Å². The molecule has 0 spiro atoms. The lowest BCUT2D eigenvalue weighted by Gasteiger charge is -2.04. The van der Waals surface area contributed by atoms with Crippen LogP contribution in [-0.4, -0.2) is 17.2 Å². The summed E-state index contributed by atoms with van der Waals surface area (Å²) < 4.78 is 4.85. The Bertz CT molecular complexity index is 312. The predicted molar refractivity (Wildman–Crippen MR) is 50.5 cm³/mol. The number of rotatable bonds is 2. The van der Waals surface area contributed by atoms with Gasteiger partial charge in [0, 0.05) is 5.56 Å². The van der Waals surface area contributed by atoms with Crippen LogP contribution in [0.3, 0.4) is 0 Å². The Morgan fingerprint density at radius 1 is 1.58 bits per heavy atom. The molecule has 3 N–H and O–H groups in total. The molecule has 1 aromatic carbocycles. The molecule has 0 saturated carbocycles. The average molecular weight is 183 g/mol. The summed E-state index contributed by atoms with van der Waals surface area (Å²) in [6.45, 7) is 0. The minimum Gasteiger partial charge on any atom is -0.504 e. The number of phenols is 1. The van der Waals surface area contributed by atoms with E-state index in [0.717, 1.165) is 0 Å². The van der Waals surface area contributed by atoms with E-state index in [1.54, 1.807) is 12.1 Å². The molecule has 0 amide bonds. The molecule has 1 aromatic rings. The van der Waals surface area contributed by atoms with E-state index < -0.39 is 0 Å². The second-order valence-electron chi connectivity index (χ2n) is 2.25. The molecule has 12 heavy (non-hydrogen) atoms. The number of thiocarbonyl (C=S) groups is 1. The van der Waals surface area contributed by atoms with Gasteiger partial charge in [-0.15, -0.1) is 0 Å². The van der Waals surface area contributed by atoms with Crippen molar-refractivity contribution in [1.82, 2.24) is 0 Å². The lowest BCUT2D eigenvalue weighted by molar-refractivity contribution is 0.373. The SMILES string of the molecule is COc1ccc(C(N)=S)cc1O. The number of benzene rings is 1. The summed E-state index contributed by atoms with van der Waals surface area (Å²) in [7, 11) is 1.48. The minimum atomic E-state index is 0.0443. The highest BCUT2D eigenvalue weighted by atomic mass is 32.1. The van der Waals surface area contributed by atoms with Crippen LogP contribution in [0.4, 0.5) is 0 Å². The zero-order valence-electron chi connectivity index (χ0n) is 6.57. The molecular weight excluding hydrogens is 174 g/mol. The Hall–Kier alpha value is -1.29. The Balaban J connectivity index is 3.10. The van der Waals surface area contributed by atoms with Crippen molar-refractivity contribution in [1.29, 1.82) is 0 Å². The maximum atomic E-state index is 9.30. The fourth-order valence-corrected chi connectivity index (χ4v) is 0.970. The molecule has 0 aliphatic carbocycles. The van der Waals surface area contributed by atoms with E-state index in [1.807, 2.05) is 0 Å². The van der Waals surface area contributed by atoms with Crippen LogP contribution >= 0.6 is 12.2 Å². The van der Waals surface area contributed by atoms with Gasteiger partial charge in [0.2, 0.25) is 0 Å². The van der Waals surface area contributed by atoms with Crippen molar-refractivity contribution in [2.45, 2.75) is 0 Å². The van der Waals surface area contributed by atoms with Crippen molar-refractivity contribution in [3.8, 4) is 11.5 Å². The van der Waals surface area contributed by atoms with Gasteiger partial charge in [-0.2, -0.15) is 0 Å². The summed E-state index contributed by atoms with van der Waals surface area (Å²) >= 11 is 4.73. The molecule has 0 bridgehead atoms. The third-order valence-electron chi connectivity index (χ3n) is 1.46. The molecule has 0 atom stereocenters. The molecule has 1 rings (SSSR count). The molecule has 0 unspecified atom stereocenters. The summed E-state index contributed by atoms with van der Waals surface area (Å²) in [5.74, 6) is 0.456. The van der Waals surface area contributed by atoms with Gasteiger partial charge in [-0.1, -0.05) is 12.2 Å². The van der Waals surface area contributed by atoms with Gasteiger partial charge < -0.3 is 15.6 Å². The smallest absolute Gasteiger partial charge is 0.160 e. The van der Waals surface area contributed by atoms with E-state index in [2.05, 4.69) is 0 Å². The van der Waals surface area contributed by atoms with Crippen LogP contribution in [0, 0.1) is 0 Å². The lowest BCUT2D eigenvalue weighted by atomic mass is 10.2. The summed E-state index contributed by atoms with van der Waals surface area (Å²) in [6, 6.07) is 4.78. The Kier molecular flexibility index (Phi) is 2.50. The first kappa shape index (κ1) is 8.80. The molecule has 0 aliphatic heterocycles. The number of hydrogen-bond acceptors (Lipinski definition) is 3. The molecule has 0 aliphatic rings. The Morgan fingerprint density at radius 3 is 2.67 bits per heavy atom. The van der Waals surface area contributed by atoms with Gasteiger partial charge >= 0.3 is 0 Å². The van der Waals surface area contributed by atoms with Gasteiger partial charge in [0.25, 0.3) is 0 Å². The zero-order chi connectivity index (χ0) is 9.14. The second kappa shape index (κ2) is 3.40. The third-order valence-corrected chi connectivity index (χ3v) is 1.70. The van der Waals surface area contributed by atoms with Gasteiger partial charge in [-0.3, -0.25) is 0 Å². The van der Waals surface area contributed by atoms with Gasteiger partial charge in [0.05, 0.1) is 7.11 Å². The molecule has 0 heterocycles. The Morgan fingerprint density at radius 2 is 2.25 bits per heavy atom. The van der Waals surface area contributed by atoms with Crippen LogP contribution in [-0.2, 0) is 0 Å². The molecule has 4 heteroatoms. The van der Waals surface area contributed by atoms with Crippen LogP contribution in [0.2, 0.25) is 0 Å². The number of hydrogen-bond donors (Lipinski definition) is 2. The molecule has 3 nitrogen and oxygen atoms in total. The topological polar surface area (TPSA) is 55.5 Å². The largest absolute Gasteiger partial charge is 0.504 e. The maximum absolute atomic E-state index is 9.30. The van der Waals surface area contributed by atoms with Crippen LogP contribution in [0.25, 0.3) is 0 Å². The zero-order valence-corrected chi connectivity index (χ0v) is 7.39. The monoisotopic (exact) mass is 183 g/mol. The first-order valence-electron chi connectivity index (χ1n) is 3.32. The lowest BCUT2D eigenvalue weighted by Crippen LogP contribution is -2.08. The highest BCUT2D eigenvalue weighted by molar-refractivity contribution is 7.80. The quantitative estimate of drug-likeness (QED) is 0.672. The predicted octanol–water partition coefficient (Wildman–Crippen LogP) is 1.03. The molecule has 0 aromatic heterocycles. The maximum Gasteiger partial charge on any atom is 0.160 e. The van der Waals surface area contributed by atoms with Gasteiger partial charge in [-0.05, 0) is 18.2 Å². The van der Waals surface area contributed by atoms with Crippen molar-refractivity contribution in [3.05, 3.63) is 23.8 Å². The van der Waals surface area contributed by atoms with Crippen molar-refractivity contribution in [2.24, 2.45) is 5.73 Å². The highest BCUT2D eigenvalue weighted by Crippen LogP contribution is 2.25. The first-order valence-corrected chi connectivity index (χ1v) is 3.73. The fraction of sp³-hybridized carbons (Fsp3) is 0.125. The number of aromatic hydroxyl groups is 1. The van der Waals surface area contributed by atoms with E-state index in [-0.39, 0.29) is 10.7 Å². The second-order valence-corrected chi connectivity index (χ2v) is 2.69. The number of phenolic OH excluding ortho intramolecular Hbond substituents is 1. The standard InChI is InChI=1S/C8H9NO2S/c1-11-7-3-2-5(8(9)12)4-6(7)10/h2-4,10H,1H3,(H2,9,12). The average Bonchev–Trinajstić information content (AvgIpc) is 2.04. The van der Waals surface area contributed by atoms with E-state index in [9.17, 15) is 5.11 Å². The number of ether oxygens (including phenoxy) is 1. The van der Waals surface area contributed by atoms with Crippen LogP contribution in [0.15, 0.2) is 18.2 Å². The highest BCUT2D eigenvalue weighted by Gasteiger charge is 2.02. The summed E-state index contributed by atoms with van der Waals surface area (Å²) in [5, 5.41) is 9.30. The fourth-order valence-electron chi connectivity index (χ4n) is 0.843. The van der Waals surface area contributed by atoms with Crippen molar-refractivity contribution in [2.75, 3.05) is 7.11 Å². The van der Waals surface area contributed by atoms with E-state index in [1.165, 1.54) is 13.2 Å². The van der Waals surface area contributed by atoms with Crippen LogP contribution in [0.1, 0.15) is 5.56 Å². The summed E-state index contributed by atoms with van der Waals surface area (Å²) in [6.07, 6.45) is 0.